The fourth-order valence-electron chi connectivity index (χ4n) is 6.92. The van der Waals surface area contributed by atoms with Gasteiger partial charge in [-0.25, -0.2) is 0 Å². The van der Waals surface area contributed by atoms with Crippen LogP contribution < -0.4 is 4.90 Å². The van der Waals surface area contributed by atoms with E-state index in [2.05, 4.69) is 195 Å². The first-order valence-electron chi connectivity index (χ1n) is 16.8. The van der Waals surface area contributed by atoms with Crippen molar-refractivity contribution in [2.75, 3.05) is 4.90 Å². The number of fused-ring (bicyclic) bond motifs is 3. The monoisotopic (exact) mass is 643 g/mol. The molecule has 0 aliphatic carbocycles. The summed E-state index contributed by atoms with van der Waals surface area (Å²) in [4.78, 5) is 2.30. The Hall–Kier alpha value is -6.72. The van der Waals surface area contributed by atoms with E-state index in [9.17, 15) is 0 Å². The van der Waals surface area contributed by atoms with E-state index in [0.717, 1.165) is 51.2 Å². The number of anilines is 3. The number of aryl methyl sites for hydroxylation is 1. The summed E-state index contributed by atoms with van der Waals surface area (Å²) in [6.45, 7) is 2.10. The van der Waals surface area contributed by atoms with Crippen molar-refractivity contribution in [2.45, 2.75) is 6.92 Å². The highest BCUT2D eigenvalue weighted by Gasteiger charge is 2.19. The highest BCUT2D eigenvalue weighted by molar-refractivity contribution is 6.09. The first-order chi connectivity index (χ1) is 24.7. The molecule has 50 heavy (non-hydrogen) atoms. The van der Waals surface area contributed by atoms with Gasteiger partial charge >= 0.3 is 0 Å². The molecule has 0 spiro atoms. The SMILES string of the molecule is Cc1ccc(-c2nnc(-c3ccccc3)n2-c2ccc(N(c3ccccc3)c3ccc(-n4c5ccccc5c5ccccc54)cc3)cc2)cc1. The minimum Gasteiger partial charge on any atom is -0.311 e. The maximum Gasteiger partial charge on any atom is 0.168 e. The second-order valence-electron chi connectivity index (χ2n) is 12.5. The van der Waals surface area contributed by atoms with Crippen LogP contribution in [0.5, 0.6) is 0 Å². The summed E-state index contributed by atoms with van der Waals surface area (Å²) in [5, 5.41) is 11.9. The van der Waals surface area contributed by atoms with Crippen LogP contribution in [-0.4, -0.2) is 19.3 Å². The van der Waals surface area contributed by atoms with E-state index < -0.39 is 0 Å². The topological polar surface area (TPSA) is 38.9 Å². The first kappa shape index (κ1) is 29.4. The van der Waals surface area contributed by atoms with Crippen molar-refractivity contribution in [3.8, 4) is 34.2 Å². The third-order valence-electron chi connectivity index (χ3n) is 9.33. The number of aromatic nitrogens is 4. The third-order valence-corrected chi connectivity index (χ3v) is 9.33. The summed E-state index contributed by atoms with van der Waals surface area (Å²) in [5.74, 6) is 1.60. The zero-order valence-electron chi connectivity index (χ0n) is 27.6. The Morgan fingerprint density at radius 3 is 1.34 bits per heavy atom. The van der Waals surface area contributed by atoms with Crippen LogP contribution in [-0.2, 0) is 0 Å². The van der Waals surface area contributed by atoms with E-state index in [1.165, 1.54) is 27.4 Å². The minimum atomic E-state index is 0.800. The molecule has 238 valence electrons. The molecule has 0 bridgehead atoms. The van der Waals surface area contributed by atoms with Gasteiger partial charge in [0.05, 0.1) is 11.0 Å². The van der Waals surface area contributed by atoms with Crippen molar-refractivity contribution >= 4 is 38.9 Å². The van der Waals surface area contributed by atoms with Crippen molar-refractivity contribution in [1.82, 2.24) is 19.3 Å². The molecule has 2 heterocycles. The van der Waals surface area contributed by atoms with Gasteiger partial charge in [0.25, 0.3) is 0 Å². The summed E-state index contributed by atoms with van der Waals surface area (Å²) < 4.78 is 4.50. The molecule has 0 radical (unpaired) electrons. The van der Waals surface area contributed by atoms with Crippen LogP contribution in [0.3, 0.4) is 0 Å². The number of hydrogen-bond donors (Lipinski definition) is 0. The fourth-order valence-corrected chi connectivity index (χ4v) is 6.92. The van der Waals surface area contributed by atoms with Crippen molar-refractivity contribution in [2.24, 2.45) is 0 Å². The fraction of sp³-hybridized carbons (Fsp3) is 0.0222. The van der Waals surface area contributed by atoms with Crippen LogP contribution in [0.4, 0.5) is 17.1 Å². The normalized spacial score (nSPS) is 11.3. The van der Waals surface area contributed by atoms with E-state index in [0.29, 0.717) is 0 Å². The molecule has 2 aromatic heterocycles. The van der Waals surface area contributed by atoms with E-state index in [1.54, 1.807) is 0 Å². The van der Waals surface area contributed by atoms with Gasteiger partial charge in [-0.1, -0.05) is 115 Å². The highest BCUT2D eigenvalue weighted by atomic mass is 15.3. The number of hydrogen-bond acceptors (Lipinski definition) is 3. The lowest BCUT2D eigenvalue weighted by atomic mass is 10.1. The minimum absolute atomic E-state index is 0.800. The summed E-state index contributed by atoms with van der Waals surface area (Å²) in [6.07, 6.45) is 0. The molecule has 0 fully saturated rings. The van der Waals surface area contributed by atoms with E-state index in [4.69, 9.17) is 0 Å². The van der Waals surface area contributed by atoms with Gasteiger partial charge in [0.15, 0.2) is 11.6 Å². The second kappa shape index (κ2) is 12.4. The van der Waals surface area contributed by atoms with Crippen LogP contribution in [0.2, 0.25) is 0 Å². The van der Waals surface area contributed by atoms with Crippen molar-refractivity contribution < 1.29 is 0 Å². The lowest BCUT2D eigenvalue weighted by Crippen LogP contribution is -2.10. The van der Waals surface area contributed by atoms with Gasteiger partial charge in [0.1, 0.15) is 0 Å². The Balaban J connectivity index is 1.13. The van der Waals surface area contributed by atoms with Crippen LogP contribution in [0.25, 0.3) is 56.0 Å². The van der Waals surface area contributed by atoms with Gasteiger partial charge in [0, 0.05) is 50.3 Å². The molecule has 0 aliphatic heterocycles. The standard InChI is InChI=1S/C45H33N5/c1-32-20-22-34(23-21-32)45-47-46-44(33-12-4-2-5-13-33)50(45)39-30-26-37(27-31-39)48(35-14-6-3-7-15-35)36-24-28-38(29-25-36)49-42-18-10-8-16-40(42)41-17-9-11-19-43(41)49/h2-31H,1H3. The van der Waals surface area contributed by atoms with Gasteiger partial charge in [-0.2, -0.15) is 0 Å². The molecule has 0 amide bonds. The van der Waals surface area contributed by atoms with Crippen LogP contribution in [0.15, 0.2) is 182 Å². The number of benzene rings is 7. The molecule has 0 unspecified atom stereocenters. The molecule has 0 aliphatic rings. The lowest BCUT2D eigenvalue weighted by Gasteiger charge is -2.26. The molecule has 9 rings (SSSR count). The van der Waals surface area contributed by atoms with E-state index in [1.807, 2.05) is 18.2 Å². The van der Waals surface area contributed by atoms with Crippen LogP contribution in [0.1, 0.15) is 5.56 Å². The highest BCUT2D eigenvalue weighted by Crippen LogP contribution is 2.38. The van der Waals surface area contributed by atoms with Crippen molar-refractivity contribution in [3.63, 3.8) is 0 Å². The van der Waals surface area contributed by atoms with Gasteiger partial charge in [-0.3, -0.25) is 4.57 Å². The Morgan fingerprint density at radius 1 is 0.380 bits per heavy atom. The molecule has 0 saturated heterocycles. The molecule has 5 heteroatoms. The molecule has 9 aromatic rings. The third kappa shape index (κ3) is 5.13. The quantitative estimate of drug-likeness (QED) is 0.173. The Morgan fingerprint density at radius 2 is 0.800 bits per heavy atom. The summed E-state index contributed by atoms with van der Waals surface area (Å²) in [7, 11) is 0. The van der Waals surface area contributed by atoms with Gasteiger partial charge < -0.3 is 9.47 Å². The molecule has 0 saturated carbocycles. The largest absolute Gasteiger partial charge is 0.311 e. The van der Waals surface area contributed by atoms with Gasteiger partial charge in [-0.05, 0) is 79.7 Å². The number of rotatable bonds is 7. The molecular formula is C45H33N5. The maximum atomic E-state index is 4.69. The zero-order chi connectivity index (χ0) is 33.4. The molecule has 0 atom stereocenters. The first-order valence-corrected chi connectivity index (χ1v) is 16.8. The average Bonchev–Trinajstić information content (AvgIpc) is 3.77. The summed E-state index contributed by atoms with van der Waals surface area (Å²) >= 11 is 0. The van der Waals surface area contributed by atoms with Crippen molar-refractivity contribution in [1.29, 1.82) is 0 Å². The number of para-hydroxylation sites is 3. The van der Waals surface area contributed by atoms with Crippen LogP contribution in [0, 0.1) is 6.92 Å². The lowest BCUT2D eigenvalue weighted by molar-refractivity contribution is 1.07. The zero-order valence-corrected chi connectivity index (χ0v) is 27.6. The average molecular weight is 644 g/mol. The Bertz CT molecular complexity index is 2510. The van der Waals surface area contributed by atoms with Gasteiger partial charge in [0.2, 0.25) is 0 Å². The molecule has 7 aromatic carbocycles. The molecule has 5 nitrogen and oxygen atoms in total. The van der Waals surface area contributed by atoms with Crippen LogP contribution >= 0.6 is 0 Å². The van der Waals surface area contributed by atoms with Gasteiger partial charge in [-0.15, -0.1) is 10.2 Å². The van der Waals surface area contributed by atoms with E-state index in [-0.39, 0.29) is 0 Å². The predicted octanol–water partition coefficient (Wildman–Crippen LogP) is 11.5. The smallest absolute Gasteiger partial charge is 0.168 e. The predicted molar refractivity (Wildman–Crippen MR) is 206 cm³/mol. The molecule has 0 N–H and O–H groups in total. The summed E-state index contributed by atoms with van der Waals surface area (Å²) in [5.41, 5.74) is 11.0. The summed E-state index contributed by atoms with van der Waals surface area (Å²) in [6, 6.07) is 64.0. The maximum absolute atomic E-state index is 4.69. The molecular weight excluding hydrogens is 611 g/mol. The second-order valence-corrected chi connectivity index (χ2v) is 12.5. The van der Waals surface area contributed by atoms with E-state index >= 15 is 0 Å². The Kier molecular flexibility index (Phi) is 7.29. The number of nitrogens with zero attached hydrogens (tertiary/aromatic N) is 5. The Labute approximate surface area is 291 Å². The van der Waals surface area contributed by atoms with Crippen molar-refractivity contribution in [3.05, 3.63) is 188 Å².